The SMILES string of the molecule is O=C(c1ccc(CN2CCCC2)cc1)N1CCc2ccccc21. The van der Waals surface area contributed by atoms with Crippen molar-refractivity contribution in [1.82, 2.24) is 4.90 Å². The molecule has 0 saturated carbocycles. The van der Waals surface area contributed by atoms with Crippen molar-refractivity contribution in [2.24, 2.45) is 0 Å². The molecular formula is C20H22N2O. The first-order valence-corrected chi connectivity index (χ1v) is 8.52. The van der Waals surface area contributed by atoms with Crippen molar-refractivity contribution in [1.29, 1.82) is 0 Å². The summed E-state index contributed by atoms with van der Waals surface area (Å²) in [5.41, 5.74) is 4.42. The van der Waals surface area contributed by atoms with E-state index in [2.05, 4.69) is 23.1 Å². The fourth-order valence-corrected chi connectivity index (χ4v) is 3.66. The summed E-state index contributed by atoms with van der Waals surface area (Å²) in [5.74, 6) is 0.114. The Hall–Kier alpha value is -2.13. The summed E-state index contributed by atoms with van der Waals surface area (Å²) < 4.78 is 0. The van der Waals surface area contributed by atoms with Crippen LogP contribution in [-0.4, -0.2) is 30.4 Å². The number of carbonyl (C=O) groups is 1. The lowest BCUT2D eigenvalue weighted by atomic mass is 10.1. The molecule has 0 aliphatic carbocycles. The van der Waals surface area contributed by atoms with Gasteiger partial charge in [0.15, 0.2) is 0 Å². The molecule has 1 amide bonds. The van der Waals surface area contributed by atoms with E-state index in [0.29, 0.717) is 0 Å². The molecule has 0 atom stereocenters. The minimum atomic E-state index is 0.114. The summed E-state index contributed by atoms with van der Waals surface area (Å²) in [4.78, 5) is 17.2. The van der Waals surface area contributed by atoms with E-state index in [1.807, 2.05) is 35.2 Å². The topological polar surface area (TPSA) is 23.6 Å². The number of hydrogen-bond acceptors (Lipinski definition) is 2. The molecule has 1 saturated heterocycles. The predicted molar refractivity (Wildman–Crippen MR) is 92.8 cm³/mol. The Morgan fingerprint density at radius 1 is 0.913 bits per heavy atom. The minimum absolute atomic E-state index is 0.114. The zero-order valence-electron chi connectivity index (χ0n) is 13.4. The fraction of sp³-hybridized carbons (Fsp3) is 0.350. The van der Waals surface area contributed by atoms with Crippen molar-refractivity contribution in [3.05, 3.63) is 65.2 Å². The third kappa shape index (κ3) is 2.89. The van der Waals surface area contributed by atoms with Gasteiger partial charge in [0.1, 0.15) is 0 Å². The van der Waals surface area contributed by atoms with Gasteiger partial charge in [-0.15, -0.1) is 0 Å². The van der Waals surface area contributed by atoms with Gasteiger partial charge in [0.2, 0.25) is 0 Å². The van der Waals surface area contributed by atoms with Gasteiger partial charge >= 0.3 is 0 Å². The first kappa shape index (κ1) is 14.5. The maximum atomic E-state index is 12.8. The van der Waals surface area contributed by atoms with Gasteiger partial charge in [-0.2, -0.15) is 0 Å². The molecule has 2 aliphatic heterocycles. The largest absolute Gasteiger partial charge is 0.308 e. The number of para-hydroxylation sites is 1. The van der Waals surface area contributed by atoms with E-state index in [-0.39, 0.29) is 5.91 Å². The number of rotatable bonds is 3. The van der Waals surface area contributed by atoms with Crippen molar-refractivity contribution in [3.8, 4) is 0 Å². The van der Waals surface area contributed by atoms with Crippen LogP contribution in [-0.2, 0) is 13.0 Å². The van der Waals surface area contributed by atoms with E-state index < -0.39 is 0 Å². The Kier molecular flexibility index (Phi) is 3.88. The Morgan fingerprint density at radius 3 is 2.43 bits per heavy atom. The Bertz CT molecular complexity index is 702. The molecule has 2 aromatic carbocycles. The maximum Gasteiger partial charge on any atom is 0.258 e. The molecule has 0 aromatic heterocycles. The molecule has 2 heterocycles. The van der Waals surface area contributed by atoms with Crippen LogP contribution in [0.1, 0.15) is 34.3 Å². The molecule has 2 aromatic rings. The maximum absolute atomic E-state index is 12.8. The number of nitrogens with zero attached hydrogens (tertiary/aromatic N) is 2. The summed E-state index contributed by atoms with van der Waals surface area (Å²) in [5, 5.41) is 0. The van der Waals surface area contributed by atoms with Crippen LogP contribution >= 0.6 is 0 Å². The van der Waals surface area contributed by atoms with Crippen molar-refractivity contribution in [2.75, 3.05) is 24.5 Å². The molecule has 3 nitrogen and oxygen atoms in total. The molecule has 2 aliphatic rings. The first-order chi connectivity index (χ1) is 11.3. The zero-order chi connectivity index (χ0) is 15.6. The number of hydrogen-bond donors (Lipinski definition) is 0. The summed E-state index contributed by atoms with van der Waals surface area (Å²) >= 11 is 0. The smallest absolute Gasteiger partial charge is 0.258 e. The highest BCUT2D eigenvalue weighted by molar-refractivity contribution is 6.07. The lowest BCUT2D eigenvalue weighted by Crippen LogP contribution is -2.28. The Labute approximate surface area is 137 Å². The standard InChI is InChI=1S/C20H22N2O/c23-20(22-14-11-17-5-1-2-6-19(17)22)18-9-7-16(8-10-18)15-21-12-3-4-13-21/h1-2,5-10H,3-4,11-15H2. The van der Waals surface area contributed by atoms with Crippen LogP contribution in [0, 0.1) is 0 Å². The highest BCUT2D eigenvalue weighted by Crippen LogP contribution is 2.28. The van der Waals surface area contributed by atoms with Gasteiger partial charge in [-0.1, -0.05) is 30.3 Å². The highest BCUT2D eigenvalue weighted by atomic mass is 16.2. The molecule has 4 rings (SSSR count). The van der Waals surface area contributed by atoms with Crippen molar-refractivity contribution in [3.63, 3.8) is 0 Å². The third-order valence-corrected chi connectivity index (χ3v) is 4.94. The van der Waals surface area contributed by atoms with E-state index in [9.17, 15) is 4.79 Å². The highest BCUT2D eigenvalue weighted by Gasteiger charge is 2.25. The van der Waals surface area contributed by atoms with E-state index in [4.69, 9.17) is 0 Å². The number of benzene rings is 2. The lowest BCUT2D eigenvalue weighted by molar-refractivity contribution is 0.0989. The lowest BCUT2D eigenvalue weighted by Gasteiger charge is -2.18. The van der Waals surface area contributed by atoms with Crippen LogP contribution < -0.4 is 4.90 Å². The van der Waals surface area contributed by atoms with Gasteiger partial charge in [0.05, 0.1) is 0 Å². The van der Waals surface area contributed by atoms with Gasteiger partial charge in [0.25, 0.3) is 5.91 Å². The van der Waals surface area contributed by atoms with Crippen LogP contribution in [0.3, 0.4) is 0 Å². The molecular weight excluding hydrogens is 284 g/mol. The average molecular weight is 306 g/mol. The van der Waals surface area contributed by atoms with Crippen LogP contribution in [0.4, 0.5) is 5.69 Å². The van der Waals surface area contributed by atoms with Gasteiger partial charge in [-0.3, -0.25) is 9.69 Å². The molecule has 0 spiro atoms. The van der Waals surface area contributed by atoms with Gasteiger partial charge in [0, 0.05) is 24.3 Å². The Balaban J connectivity index is 1.49. The van der Waals surface area contributed by atoms with E-state index in [1.54, 1.807) is 0 Å². The van der Waals surface area contributed by atoms with Crippen LogP contribution in [0.25, 0.3) is 0 Å². The number of likely N-dealkylation sites (tertiary alicyclic amines) is 1. The van der Waals surface area contributed by atoms with Gasteiger partial charge < -0.3 is 4.90 Å². The van der Waals surface area contributed by atoms with Crippen molar-refractivity contribution < 1.29 is 4.79 Å². The molecule has 0 radical (unpaired) electrons. The van der Waals surface area contributed by atoms with Crippen molar-refractivity contribution in [2.45, 2.75) is 25.8 Å². The van der Waals surface area contributed by atoms with Crippen molar-refractivity contribution >= 4 is 11.6 Å². The number of carbonyl (C=O) groups excluding carboxylic acids is 1. The van der Waals surface area contributed by atoms with E-state index >= 15 is 0 Å². The molecule has 0 bridgehead atoms. The van der Waals surface area contributed by atoms with Gasteiger partial charge in [-0.05, 0) is 61.7 Å². The zero-order valence-corrected chi connectivity index (χ0v) is 13.4. The monoisotopic (exact) mass is 306 g/mol. The van der Waals surface area contributed by atoms with Crippen LogP contribution in [0.15, 0.2) is 48.5 Å². The average Bonchev–Trinajstić information content (AvgIpc) is 3.24. The molecule has 0 N–H and O–H groups in total. The molecule has 1 fully saturated rings. The second-order valence-electron chi connectivity index (χ2n) is 6.52. The summed E-state index contributed by atoms with van der Waals surface area (Å²) in [6.07, 6.45) is 3.57. The summed E-state index contributed by atoms with van der Waals surface area (Å²) in [6.45, 7) is 4.19. The minimum Gasteiger partial charge on any atom is -0.308 e. The first-order valence-electron chi connectivity index (χ1n) is 8.52. The second kappa shape index (κ2) is 6.17. The molecule has 23 heavy (non-hydrogen) atoms. The van der Waals surface area contributed by atoms with Crippen LogP contribution in [0.5, 0.6) is 0 Å². The fourth-order valence-electron chi connectivity index (χ4n) is 3.66. The summed E-state index contributed by atoms with van der Waals surface area (Å²) in [6, 6.07) is 16.4. The molecule has 118 valence electrons. The molecule has 0 unspecified atom stereocenters. The quantitative estimate of drug-likeness (QED) is 0.866. The summed E-state index contributed by atoms with van der Waals surface area (Å²) in [7, 11) is 0. The van der Waals surface area contributed by atoms with Crippen LogP contribution in [0.2, 0.25) is 0 Å². The van der Waals surface area contributed by atoms with E-state index in [1.165, 1.54) is 37.1 Å². The second-order valence-corrected chi connectivity index (χ2v) is 6.52. The third-order valence-electron chi connectivity index (χ3n) is 4.94. The number of anilines is 1. The van der Waals surface area contributed by atoms with Gasteiger partial charge in [-0.25, -0.2) is 0 Å². The number of amides is 1. The normalized spacial score (nSPS) is 17.5. The Morgan fingerprint density at radius 2 is 1.65 bits per heavy atom. The van der Waals surface area contributed by atoms with E-state index in [0.717, 1.165) is 30.8 Å². The molecule has 3 heteroatoms. The predicted octanol–water partition coefficient (Wildman–Crippen LogP) is 3.49. The number of fused-ring (bicyclic) bond motifs is 1.